The lowest BCUT2D eigenvalue weighted by molar-refractivity contribution is -0.132. The molecule has 0 radical (unpaired) electrons. The van der Waals surface area contributed by atoms with E-state index in [-0.39, 0.29) is 30.6 Å². The third-order valence-corrected chi connectivity index (χ3v) is 6.39. The topological polar surface area (TPSA) is 76.7 Å². The molecule has 0 unspecified atom stereocenters. The quantitative estimate of drug-likeness (QED) is 0.697. The van der Waals surface area contributed by atoms with Crippen LogP contribution in [0.4, 0.5) is 0 Å². The standard InChI is InChI=1S/C23H27ClN4O3/c24-19-6-2-1-5-17(19)14-22(30)27-11-9-26(10-12-27)16-21(29)18-13-20(25-15-18)23(31)28-7-3-4-8-28/h1-2,5-6,13,15,25H,3-4,7-12,14,16H2. The highest BCUT2D eigenvalue weighted by molar-refractivity contribution is 6.31. The van der Waals surface area contributed by atoms with Crippen molar-refractivity contribution in [1.82, 2.24) is 19.7 Å². The van der Waals surface area contributed by atoms with Crippen molar-refractivity contribution in [3.05, 3.63) is 58.4 Å². The molecule has 2 aliphatic rings. The van der Waals surface area contributed by atoms with Crippen LogP contribution in [-0.4, -0.2) is 83.1 Å². The van der Waals surface area contributed by atoms with Crippen molar-refractivity contribution < 1.29 is 14.4 Å². The molecular formula is C23H27ClN4O3. The second-order valence-corrected chi connectivity index (χ2v) is 8.56. The van der Waals surface area contributed by atoms with Crippen LogP contribution in [0.5, 0.6) is 0 Å². The van der Waals surface area contributed by atoms with E-state index in [4.69, 9.17) is 11.6 Å². The molecule has 0 aliphatic carbocycles. The zero-order chi connectivity index (χ0) is 21.8. The molecule has 1 N–H and O–H groups in total. The van der Waals surface area contributed by atoms with Gasteiger partial charge >= 0.3 is 0 Å². The molecule has 1 aromatic carbocycles. The van der Waals surface area contributed by atoms with E-state index < -0.39 is 0 Å². The molecule has 2 saturated heterocycles. The molecule has 2 fully saturated rings. The highest BCUT2D eigenvalue weighted by Gasteiger charge is 2.25. The summed E-state index contributed by atoms with van der Waals surface area (Å²) in [5.74, 6) is -0.00969. The summed E-state index contributed by atoms with van der Waals surface area (Å²) in [6.45, 7) is 4.29. The van der Waals surface area contributed by atoms with Crippen LogP contribution in [0.3, 0.4) is 0 Å². The van der Waals surface area contributed by atoms with Crippen LogP contribution in [0.2, 0.25) is 5.02 Å². The summed E-state index contributed by atoms with van der Waals surface area (Å²) in [7, 11) is 0. The first kappa shape index (κ1) is 21.6. The van der Waals surface area contributed by atoms with Gasteiger partial charge in [-0.3, -0.25) is 19.3 Å². The average Bonchev–Trinajstić information content (AvgIpc) is 3.48. The number of aromatic nitrogens is 1. The minimum atomic E-state index is -0.0396. The molecule has 0 saturated carbocycles. The summed E-state index contributed by atoms with van der Waals surface area (Å²) < 4.78 is 0. The summed E-state index contributed by atoms with van der Waals surface area (Å²) in [5, 5.41) is 0.606. The fourth-order valence-electron chi connectivity index (χ4n) is 4.14. The van der Waals surface area contributed by atoms with Crippen molar-refractivity contribution in [2.45, 2.75) is 19.3 Å². The van der Waals surface area contributed by atoms with Gasteiger partial charge in [0.25, 0.3) is 5.91 Å². The molecule has 2 aliphatic heterocycles. The largest absolute Gasteiger partial charge is 0.356 e. The maximum absolute atomic E-state index is 12.7. The SMILES string of the molecule is O=C(CN1CCN(C(=O)Cc2ccccc2Cl)CC1)c1c[nH]c(C(=O)N2CCCC2)c1. The van der Waals surface area contributed by atoms with Crippen LogP contribution in [-0.2, 0) is 11.2 Å². The van der Waals surface area contributed by atoms with Gasteiger partial charge in [-0.25, -0.2) is 0 Å². The van der Waals surface area contributed by atoms with Crippen LogP contribution >= 0.6 is 11.6 Å². The van der Waals surface area contributed by atoms with Gasteiger partial charge in [-0.05, 0) is 30.5 Å². The van der Waals surface area contributed by atoms with Crippen LogP contribution in [0.25, 0.3) is 0 Å². The monoisotopic (exact) mass is 442 g/mol. The second-order valence-electron chi connectivity index (χ2n) is 8.15. The Morgan fingerprint density at radius 1 is 0.935 bits per heavy atom. The first-order valence-corrected chi connectivity index (χ1v) is 11.1. The Morgan fingerprint density at radius 2 is 1.65 bits per heavy atom. The highest BCUT2D eigenvalue weighted by Crippen LogP contribution is 2.17. The normalized spacial score (nSPS) is 17.2. The van der Waals surface area contributed by atoms with Gasteiger partial charge in [-0.2, -0.15) is 0 Å². The van der Waals surface area contributed by atoms with E-state index in [0.717, 1.165) is 31.5 Å². The number of hydrogen-bond acceptors (Lipinski definition) is 4. The van der Waals surface area contributed by atoms with Gasteiger partial charge in [-0.1, -0.05) is 29.8 Å². The van der Waals surface area contributed by atoms with Crippen molar-refractivity contribution in [3.63, 3.8) is 0 Å². The van der Waals surface area contributed by atoms with Crippen LogP contribution in [0.15, 0.2) is 36.5 Å². The van der Waals surface area contributed by atoms with Gasteiger partial charge < -0.3 is 14.8 Å². The fourth-order valence-corrected chi connectivity index (χ4v) is 4.34. The average molecular weight is 443 g/mol. The predicted molar refractivity (Wildman–Crippen MR) is 118 cm³/mol. The van der Waals surface area contributed by atoms with Crippen molar-refractivity contribution >= 4 is 29.2 Å². The number of nitrogens with zero attached hydrogens (tertiary/aromatic N) is 3. The number of rotatable bonds is 6. The number of nitrogens with one attached hydrogen (secondary N) is 1. The lowest BCUT2D eigenvalue weighted by atomic mass is 10.1. The number of hydrogen-bond donors (Lipinski definition) is 1. The van der Waals surface area contributed by atoms with E-state index in [2.05, 4.69) is 9.88 Å². The molecule has 3 heterocycles. The first-order chi connectivity index (χ1) is 15.0. The second kappa shape index (κ2) is 9.66. The van der Waals surface area contributed by atoms with E-state index >= 15 is 0 Å². The summed E-state index contributed by atoms with van der Waals surface area (Å²) in [4.78, 5) is 46.4. The summed E-state index contributed by atoms with van der Waals surface area (Å²) in [6.07, 6.45) is 3.97. The number of aromatic amines is 1. The smallest absolute Gasteiger partial charge is 0.270 e. The van der Waals surface area contributed by atoms with Gasteiger partial charge in [0.05, 0.1) is 13.0 Å². The maximum atomic E-state index is 12.7. The minimum absolute atomic E-state index is 0.0208. The van der Waals surface area contributed by atoms with Gasteiger partial charge in [0, 0.05) is 56.1 Å². The van der Waals surface area contributed by atoms with Gasteiger partial charge in [-0.15, -0.1) is 0 Å². The molecule has 8 heteroatoms. The Hall–Kier alpha value is -2.64. The lowest BCUT2D eigenvalue weighted by Gasteiger charge is -2.34. The summed E-state index contributed by atoms with van der Waals surface area (Å²) in [5.41, 5.74) is 1.83. The maximum Gasteiger partial charge on any atom is 0.270 e. The van der Waals surface area contributed by atoms with E-state index in [1.54, 1.807) is 18.3 Å². The Balaban J connectivity index is 1.26. The van der Waals surface area contributed by atoms with Crippen LogP contribution in [0, 0.1) is 0 Å². The number of ketones is 1. The third-order valence-electron chi connectivity index (χ3n) is 6.02. The highest BCUT2D eigenvalue weighted by atomic mass is 35.5. The molecule has 0 spiro atoms. The zero-order valence-corrected chi connectivity index (χ0v) is 18.2. The molecule has 31 heavy (non-hydrogen) atoms. The molecule has 0 atom stereocenters. The Morgan fingerprint density at radius 3 is 2.35 bits per heavy atom. The summed E-state index contributed by atoms with van der Waals surface area (Å²) >= 11 is 6.16. The number of carbonyl (C=O) groups is 3. The number of likely N-dealkylation sites (tertiary alicyclic amines) is 1. The van der Waals surface area contributed by atoms with E-state index in [1.165, 1.54) is 0 Å². The Kier molecular flexibility index (Phi) is 6.73. The minimum Gasteiger partial charge on any atom is -0.356 e. The number of benzene rings is 1. The van der Waals surface area contributed by atoms with Crippen LogP contribution < -0.4 is 0 Å². The van der Waals surface area contributed by atoms with E-state index in [1.807, 2.05) is 28.0 Å². The molecule has 7 nitrogen and oxygen atoms in total. The van der Waals surface area contributed by atoms with Gasteiger partial charge in [0.1, 0.15) is 5.69 Å². The van der Waals surface area contributed by atoms with E-state index in [9.17, 15) is 14.4 Å². The van der Waals surface area contributed by atoms with E-state index in [0.29, 0.717) is 42.5 Å². The number of amides is 2. The first-order valence-electron chi connectivity index (χ1n) is 10.8. The van der Waals surface area contributed by atoms with Gasteiger partial charge in [0.15, 0.2) is 5.78 Å². The number of Topliss-reactive ketones (excluding diaryl/α,β-unsaturated/α-hetero) is 1. The van der Waals surface area contributed by atoms with Crippen molar-refractivity contribution in [2.75, 3.05) is 45.8 Å². The van der Waals surface area contributed by atoms with Crippen LogP contribution in [0.1, 0.15) is 39.3 Å². The molecule has 164 valence electrons. The Bertz CT molecular complexity index is 959. The van der Waals surface area contributed by atoms with Crippen molar-refractivity contribution in [3.8, 4) is 0 Å². The predicted octanol–water partition coefficient (Wildman–Crippen LogP) is 2.47. The fraction of sp³-hybridized carbons (Fsp3) is 0.435. The molecule has 2 aromatic rings. The summed E-state index contributed by atoms with van der Waals surface area (Å²) in [6, 6.07) is 9.05. The molecular weight excluding hydrogens is 416 g/mol. The zero-order valence-electron chi connectivity index (χ0n) is 17.5. The number of carbonyl (C=O) groups excluding carboxylic acids is 3. The lowest BCUT2D eigenvalue weighted by Crippen LogP contribution is -2.50. The molecule has 1 aromatic heterocycles. The number of H-pyrrole nitrogens is 1. The van der Waals surface area contributed by atoms with Gasteiger partial charge in [0.2, 0.25) is 5.91 Å². The number of halogens is 1. The number of piperazine rings is 1. The molecule has 2 amide bonds. The van der Waals surface area contributed by atoms with Crippen molar-refractivity contribution in [1.29, 1.82) is 0 Å². The third kappa shape index (κ3) is 5.17. The Labute approximate surface area is 186 Å². The molecule has 0 bridgehead atoms. The van der Waals surface area contributed by atoms with Crippen molar-refractivity contribution in [2.24, 2.45) is 0 Å². The molecule has 4 rings (SSSR count).